The molecular weight excluding hydrogens is 496 g/mol. The van der Waals surface area contributed by atoms with E-state index in [1.807, 2.05) is 84.9 Å². The minimum Gasteiger partial charge on any atom is -0.508 e. The fourth-order valence-electron chi connectivity index (χ4n) is 4.24. The van der Waals surface area contributed by atoms with Gasteiger partial charge in [0.2, 0.25) is 0 Å². The lowest BCUT2D eigenvalue weighted by Gasteiger charge is -2.17. The van der Waals surface area contributed by atoms with Crippen molar-refractivity contribution in [2.24, 2.45) is 0 Å². The maximum absolute atomic E-state index is 10.2. The number of aromatic hydroxyl groups is 1. The first-order chi connectivity index (χ1) is 18.7. The van der Waals surface area contributed by atoms with Crippen molar-refractivity contribution in [1.29, 1.82) is 0 Å². The first-order valence-corrected chi connectivity index (χ1v) is 13.3. The summed E-state index contributed by atoms with van der Waals surface area (Å²) in [5, 5.41) is 10.2. The molecule has 0 aliphatic heterocycles. The third kappa shape index (κ3) is 8.22. The summed E-state index contributed by atoms with van der Waals surface area (Å²) in [5.41, 5.74) is 6.39. The van der Waals surface area contributed by atoms with Crippen LogP contribution < -0.4 is 4.74 Å². The highest BCUT2D eigenvalue weighted by molar-refractivity contribution is 6.18. The Labute approximate surface area is 230 Å². The van der Waals surface area contributed by atoms with Gasteiger partial charge in [-0.2, -0.15) is 0 Å². The SMILES string of the molecule is Oc1cccc(C(=C(CCCl)c2ccccc2)c2ccc(OCCOCCOCc3ccccc3)cc2)c1. The summed E-state index contributed by atoms with van der Waals surface area (Å²) in [4.78, 5) is 0. The van der Waals surface area contributed by atoms with Gasteiger partial charge in [0.05, 0.1) is 26.4 Å². The number of phenols is 1. The predicted molar refractivity (Wildman–Crippen MR) is 155 cm³/mol. The van der Waals surface area contributed by atoms with Crippen LogP contribution in [0.4, 0.5) is 0 Å². The standard InChI is InChI=1S/C33H33ClO4/c34-19-18-32(27-10-5-2-6-11-27)33(29-12-7-13-30(35)24-29)28-14-16-31(17-15-28)38-23-22-36-20-21-37-25-26-8-3-1-4-9-26/h1-17,24,35H,18-23,25H2. The number of benzene rings is 4. The number of ether oxygens (including phenoxy) is 3. The average Bonchev–Trinajstić information content (AvgIpc) is 2.96. The Morgan fingerprint density at radius 3 is 2.00 bits per heavy atom. The maximum Gasteiger partial charge on any atom is 0.119 e. The van der Waals surface area contributed by atoms with Crippen LogP contribution in [0.25, 0.3) is 11.1 Å². The molecule has 0 saturated carbocycles. The largest absolute Gasteiger partial charge is 0.508 e. The lowest BCUT2D eigenvalue weighted by atomic mass is 9.88. The number of phenolic OH excluding ortho intramolecular Hbond substituents is 1. The van der Waals surface area contributed by atoms with Crippen LogP contribution in [0.5, 0.6) is 11.5 Å². The fourth-order valence-corrected chi connectivity index (χ4v) is 4.43. The lowest BCUT2D eigenvalue weighted by Crippen LogP contribution is -2.10. The highest BCUT2D eigenvalue weighted by Gasteiger charge is 2.15. The smallest absolute Gasteiger partial charge is 0.119 e. The lowest BCUT2D eigenvalue weighted by molar-refractivity contribution is 0.0303. The zero-order chi connectivity index (χ0) is 26.4. The Kier molecular flexibility index (Phi) is 10.8. The molecule has 0 aliphatic carbocycles. The first-order valence-electron chi connectivity index (χ1n) is 12.8. The van der Waals surface area contributed by atoms with Gasteiger partial charge in [0.15, 0.2) is 0 Å². The third-order valence-corrected chi connectivity index (χ3v) is 6.22. The summed E-state index contributed by atoms with van der Waals surface area (Å²) in [6, 6.07) is 35.7. The molecule has 4 aromatic carbocycles. The molecule has 4 nitrogen and oxygen atoms in total. The van der Waals surface area contributed by atoms with Crippen molar-refractivity contribution < 1.29 is 19.3 Å². The van der Waals surface area contributed by atoms with Gasteiger partial charge in [-0.3, -0.25) is 0 Å². The molecule has 0 aliphatic rings. The van der Waals surface area contributed by atoms with Crippen LogP contribution in [0.15, 0.2) is 109 Å². The Morgan fingerprint density at radius 2 is 1.29 bits per heavy atom. The molecule has 0 bridgehead atoms. The van der Waals surface area contributed by atoms with E-state index in [1.54, 1.807) is 12.1 Å². The number of allylic oxidation sites excluding steroid dienone is 1. The molecule has 4 aromatic rings. The maximum atomic E-state index is 10.2. The minimum absolute atomic E-state index is 0.226. The molecule has 0 saturated heterocycles. The molecule has 4 rings (SSSR count). The summed E-state index contributed by atoms with van der Waals surface area (Å²) >= 11 is 6.24. The number of alkyl halides is 1. The number of hydrogen-bond acceptors (Lipinski definition) is 4. The van der Waals surface area contributed by atoms with Crippen molar-refractivity contribution in [1.82, 2.24) is 0 Å². The third-order valence-electron chi connectivity index (χ3n) is 6.03. The Balaban J connectivity index is 1.37. The van der Waals surface area contributed by atoms with Gasteiger partial charge in [-0.1, -0.05) is 84.9 Å². The van der Waals surface area contributed by atoms with Crippen molar-refractivity contribution in [2.45, 2.75) is 13.0 Å². The Hall–Kier alpha value is -3.57. The van der Waals surface area contributed by atoms with E-state index in [0.717, 1.165) is 39.1 Å². The monoisotopic (exact) mass is 528 g/mol. The highest BCUT2D eigenvalue weighted by atomic mass is 35.5. The van der Waals surface area contributed by atoms with Crippen LogP contribution in [0.3, 0.4) is 0 Å². The van der Waals surface area contributed by atoms with E-state index in [2.05, 4.69) is 12.1 Å². The summed E-state index contributed by atoms with van der Waals surface area (Å²) in [7, 11) is 0. The predicted octanol–water partition coefficient (Wildman–Crippen LogP) is 7.59. The van der Waals surface area contributed by atoms with Gasteiger partial charge in [0, 0.05) is 5.88 Å². The van der Waals surface area contributed by atoms with E-state index in [9.17, 15) is 5.11 Å². The van der Waals surface area contributed by atoms with Gasteiger partial charge >= 0.3 is 0 Å². The number of rotatable bonds is 14. The zero-order valence-electron chi connectivity index (χ0n) is 21.4. The van der Waals surface area contributed by atoms with E-state index in [1.165, 1.54) is 0 Å². The topological polar surface area (TPSA) is 47.9 Å². The summed E-state index contributed by atoms with van der Waals surface area (Å²) in [6.45, 7) is 2.59. The zero-order valence-corrected chi connectivity index (χ0v) is 22.1. The quantitative estimate of drug-likeness (QED) is 0.104. The van der Waals surface area contributed by atoms with Crippen LogP contribution in [-0.4, -0.2) is 37.4 Å². The van der Waals surface area contributed by atoms with Crippen molar-refractivity contribution >= 4 is 22.7 Å². The molecule has 0 atom stereocenters. The van der Waals surface area contributed by atoms with Crippen LogP contribution in [0.2, 0.25) is 0 Å². The van der Waals surface area contributed by atoms with Crippen molar-refractivity contribution in [3.63, 3.8) is 0 Å². The molecule has 0 aromatic heterocycles. The summed E-state index contributed by atoms with van der Waals surface area (Å²) in [5.74, 6) is 1.49. The van der Waals surface area contributed by atoms with Gasteiger partial charge in [0.1, 0.15) is 18.1 Å². The van der Waals surface area contributed by atoms with Crippen molar-refractivity contribution in [3.05, 3.63) is 131 Å². The summed E-state index contributed by atoms with van der Waals surface area (Å²) < 4.78 is 17.2. The van der Waals surface area contributed by atoms with E-state index in [0.29, 0.717) is 45.3 Å². The molecule has 5 heteroatoms. The molecule has 38 heavy (non-hydrogen) atoms. The van der Waals surface area contributed by atoms with E-state index < -0.39 is 0 Å². The second-order valence-corrected chi connectivity index (χ2v) is 9.11. The molecule has 0 spiro atoms. The molecule has 0 heterocycles. The number of hydrogen-bond donors (Lipinski definition) is 1. The molecular formula is C33H33ClO4. The molecule has 1 N–H and O–H groups in total. The van der Waals surface area contributed by atoms with Crippen LogP contribution in [0, 0.1) is 0 Å². The van der Waals surface area contributed by atoms with Crippen molar-refractivity contribution in [3.8, 4) is 11.5 Å². The van der Waals surface area contributed by atoms with E-state index >= 15 is 0 Å². The molecule has 0 unspecified atom stereocenters. The van der Waals surface area contributed by atoms with Gasteiger partial charge in [-0.25, -0.2) is 0 Å². The van der Waals surface area contributed by atoms with Gasteiger partial charge in [-0.15, -0.1) is 11.6 Å². The van der Waals surface area contributed by atoms with E-state index in [-0.39, 0.29) is 5.75 Å². The van der Waals surface area contributed by atoms with Crippen LogP contribution >= 0.6 is 11.6 Å². The second kappa shape index (κ2) is 15.0. The molecule has 0 radical (unpaired) electrons. The van der Waals surface area contributed by atoms with Gasteiger partial charge in [-0.05, 0) is 64.1 Å². The average molecular weight is 529 g/mol. The molecule has 196 valence electrons. The summed E-state index contributed by atoms with van der Waals surface area (Å²) in [6.07, 6.45) is 0.696. The Morgan fingerprint density at radius 1 is 0.632 bits per heavy atom. The highest BCUT2D eigenvalue weighted by Crippen LogP contribution is 2.36. The fraction of sp³-hybridized carbons (Fsp3) is 0.212. The minimum atomic E-state index is 0.226. The second-order valence-electron chi connectivity index (χ2n) is 8.73. The molecule has 0 amide bonds. The Bertz CT molecular complexity index is 1270. The van der Waals surface area contributed by atoms with Gasteiger partial charge < -0.3 is 19.3 Å². The van der Waals surface area contributed by atoms with E-state index in [4.69, 9.17) is 25.8 Å². The first kappa shape index (κ1) is 27.5. The van der Waals surface area contributed by atoms with Gasteiger partial charge in [0.25, 0.3) is 0 Å². The van der Waals surface area contributed by atoms with Crippen LogP contribution in [0.1, 0.15) is 28.7 Å². The number of halogens is 1. The normalized spacial score (nSPS) is 11.7. The molecule has 0 fully saturated rings. The van der Waals surface area contributed by atoms with Crippen LogP contribution in [-0.2, 0) is 16.1 Å². The van der Waals surface area contributed by atoms with Crippen molar-refractivity contribution in [2.75, 3.05) is 32.3 Å².